The van der Waals surface area contributed by atoms with Crippen LogP contribution >= 0.6 is 38.5 Å². The number of aromatic nitrogens is 4. The van der Waals surface area contributed by atoms with Crippen LogP contribution in [0.25, 0.3) is 22.6 Å². The van der Waals surface area contributed by atoms with Crippen LogP contribution in [-0.4, -0.2) is 19.9 Å². The molecule has 0 unspecified atom stereocenters. The molecular formula is C11H6BrIN4O2. The first-order valence-corrected chi connectivity index (χ1v) is 7.09. The smallest absolute Gasteiger partial charge is 0.327 e. The van der Waals surface area contributed by atoms with Crippen molar-refractivity contribution in [3.05, 3.63) is 47.1 Å². The van der Waals surface area contributed by atoms with Crippen LogP contribution in [0, 0.1) is 3.57 Å². The lowest BCUT2D eigenvalue weighted by atomic mass is 10.2. The minimum Gasteiger partial charge on any atom is -0.332 e. The van der Waals surface area contributed by atoms with Crippen molar-refractivity contribution < 1.29 is 0 Å². The van der Waals surface area contributed by atoms with Gasteiger partial charge in [-0.2, -0.15) is 0 Å². The van der Waals surface area contributed by atoms with E-state index in [1.807, 2.05) is 18.2 Å². The van der Waals surface area contributed by atoms with Gasteiger partial charge in [0.1, 0.15) is 11.3 Å². The van der Waals surface area contributed by atoms with Gasteiger partial charge in [-0.1, -0.05) is 15.9 Å². The first-order valence-electron chi connectivity index (χ1n) is 5.22. The van der Waals surface area contributed by atoms with Gasteiger partial charge in [-0.3, -0.25) is 14.8 Å². The van der Waals surface area contributed by atoms with Crippen molar-refractivity contribution in [2.24, 2.45) is 0 Å². The minimum atomic E-state index is -0.570. The first kappa shape index (κ1) is 12.6. The highest BCUT2D eigenvalue weighted by atomic mass is 127. The lowest BCUT2D eigenvalue weighted by molar-refractivity contribution is 1.07. The number of H-pyrrole nitrogens is 3. The molecule has 96 valence electrons. The molecule has 0 saturated heterocycles. The molecule has 0 aliphatic carbocycles. The number of aromatic amines is 3. The largest absolute Gasteiger partial charge is 0.332 e. The molecule has 0 atom stereocenters. The lowest BCUT2D eigenvalue weighted by Gasteiger charge is -2.00. The van der Waals surface area contributed by atoms with Gasteiger partial charge in [0.05, 0.1) is 0 Å². The molecule has 0 aliphatic heterocycles. The number of benzene rings is 1. The second-order valence-corrected chi connectivity index (χ2v) is 5.92. The van der Waals surface area contributed by atoms with E-state index in [9.17, 15) is 9.59 Å². The van der Waals surface area contributed by atoms with Crippen molar-refractivity contribution >= 4 is 49.7 Å². The number of imidazole rings is 1. The van der Waals surface area contributed by atoms with Crippen LogP contribution in [0.1, 0.15) is 0 Å². The predicted molar refractivity (Wildman–Crippen MR) is 83.2 cm³/mol. The molecule has 0 radical (unpaired) electrons. The summed E-state index contributed by atoms with van der Waals surface area (Å²) in [6.07, 6.45) is 0. The molecule has 0 bridgehead atoms. The fourth-order valence-corrected chi connectivity index (χ4v) is 2.69. The molecule has 0 amide bonds. The molecule has 3 rings (SSSR count). The third-order valence-electron chi connectivity index (χ3n) is 2.57. The first-order chi connectivity index (χ1) is 9.04. The van der Waals surface area contributed by atoms with Crippen LogP contribution in [0.4, 0.5) is 0 Å². The molecule has 6 nitrogen and oxygen atoms in total. The van der Waals surface area contributed by atoms with Crippen LogP contribution in [0.3, 0.4) is 0 Å². The molecule has 0 saturated carbocycles. The Hall–Kier alpha value is -1.42. The Morgan fingerprint density at radius 2 is 1.95 bits per heavy atom. The molecule has 8 heteroatoms. The standard InChI is InChI=1S/C11H6BrIN4O2/c12-4-1-2-6(13)5(3-4)8-14-7-9(15-8)16-11(19)17-10(7)18/h1-3H,(H3,14,15,16,17,18,19). The molecule has 3 N–H and O–H groups in total. The van der Waals surface area contributed by atoms with Crippen molar-refractivity contribution in [2.75, 3.05) is 0 Å². The van der Waals surface area contributed by atoms with Gasteiger partial charge >= 0.3 is 5.69 Å². The molecule has 2 aromatic heterocycles. The Morgan fingerprint density at radius 3 is 2.74 bits per heavy atom. The van der Waals surface area contributed by atoms with Gasteiger partial charge in [0, 0.05) is 13.6 Å². The van der Waals surface area contributed by atoms with Crippen LogP contribution in [-0.2, 0) is 0 Å². The van der Waals surface area contributed by atoms with Gasteiger partial charge in [-0.15, -0.1) is 0 Å². The van der Waals surface area contributed by atoms with E-state index in [0.29, 0.717) is 5.82 Å². The Morgan fingerprint density at radius 1 is 1.16 bits per heavy atom. The fraction of sp³-hybridized carbons (Fsp3) is 0. The predicted octanol–water partition coefficient (Wildman–Crippen LogP) is 1.97. The molecule has 0 spiro atoms. The van der Waals surface area contributed by atoms with Crippen LogP contribution in [0.5, 0.6) is 0 Å². The van der Waals surface area contributed by atoms with Gasteiger partial charge in [-0.05, 0) is 40.8 Å². The average Bonchev–Trinajstić information content (AvgIpc) is 2.76. The monoisotopic (exact) mass is 432 g/mol. The molecule has 19 heavy (non-hydrogen) atoms. The van der Waals surface area contributed by atoms with Crippen molar-refractivity contribution in [3.8, 4) is 11.4 Å². The molecule has 0 fully saturated rings. The summed E-state index contributed by atoms with van der Waals surface area (Å²) in [5.74, 6) is 0.535. The summed E-state index contributed by atoms with van der Waals surface area (Å²) in [5, 5.41) is 0. The van der Waals surface area contributed by atoms with E-state index in [0.717, 1.165) is 13.6 Å². The Kier molecular flexibility index (Phi) is 3.05. The second-order valence-electron chi connectivity index (χ2n) is 3.84. The number of halogens is 2. The second kappa shape index (κ2) is 4.60. The Labute approximate surface area is 127 Å². The van der Waals surface area contributed by atoms with Gasteiger partial charge < -0.3 is 4.98 Å². The molecular weight excluding hydrogens is 427 g/mol. The Balaban J connectivity index is 2.32. The third kappa shape index (κ3) is 2.25. The fourth-order valence-electron chi connectivity index (χ4n) is 1.74. The summed E-state index contributed by atoms with van der Waals surface area (Å²) >= 11 is 5.57. The lowest BCUT2D eigenvalue weighted by Crippen LogP contribution is -2.21. The van der Waals surface area contributed by atoms with Gasteiger partial charge in [0.25, 0.3) is 5.56 Å². The number of fused-ring (bicyclic) bond motifs is 1. The Bertz CT molecular complexity index is 896. The summed E-state index contributed by atoms with van der Waals surface area (Å²) in [5.41, 5.74) is 0.304. The summed E-state index contributed by atoms with van der Waals surface area (Å²) in [7, 11) is 0. The van der Waals surface area contributed by atoms with E-state index in [2.05, 4.69) is 58.5 Å². The molecule has 0 aliphatic rings. The zero-order chi connectivity index (χ0) is 13.6. The highest BCUT2D eigenvalue weighted by molar-refractivity contribution is 14.1. The quantitative estimate of drug-likeness (QED) is 0.513. The van der Waals surface area contributed by atoms with Crippen LogP contribution in [0.15, 0.2) is 32.3 Å². The number of hydrogen-bond acceptors (Lipinski definition) is 3. The molecule has 3 aromatic rings. The molecule has 2 heterocycles. The maximum absolute atomic E-state index is 11.6. The van der Waals surface area contributed by atoms with E-state index in [4.69, 9.17) is 0 Å². The van der Waals surface area contributed by atoms with Gasteiger partial charge in [0.2, 0.25) is 0 Å². The summed E-state index contributed by atoms with van der Waals surface area (Å²) in [6, 6.07) is 5.74. The number of rotatable bonds is 1. The van der Waals surface area contributed by atoms with E-state index >= 15 is 0 Å². The van der Waals surface area contributed by atoms with Crippen molar-refractivity contribution in [1.82, 2.24) is 19.9 Å². The number of nitrogens with zero attached hydrogens (tertiary/aromatic N) is 1. The number of nitrogens with one attached hydrogen (secondary N) is 3. The number of hydrogen-bond donors (Lipinski definition) is 3. The zero-order valence-corrected chi connectivity index (χ0v) is 13.0. The van der Waals surface area contributed by atoms with Crippen molar-refractivity contribution in [1.29, 1.82) is 0 Å². The summed E-state index contributed by atoms with van der Waals surface area (Å²) in [4.78, 5) is 34.7. The third-order valence-corrected chi connectivity index (χ3v) is 4.01. The minimum absolute atomic E-state index is 0.250. The normalized spacial score (nSPS) is 11.1. The maximum atomic E-state index is 11.6. The molecule has 1 aromatic carbocycles. The SMILES string of the molecule is O=c1[nH]c(=O)c2[nH]c(-c3cc(Br)ccc3I)nc2[nH]1. The van der Waals surface area contributed by atoms with Crippen molar-refractivity contribution in [2.45, 2.75) is 0 Å². The average molecular weight is 433 g/mol. The van der Waals surface area contributed by atoms with E-state index < -0.39 is 11.2 Å². The van der Waals surface area contributed by atoms with Crippen LogP contribution in [0.2, 0.25) is 0 Å². The van der Waals surface area contributed by atoms with E-state index in [-0.39, 0.29) is 11.2 Å². The topological polar surface area (TPSA) is 94.4 Å². The van der Waals surface area contributed by atoms with Gasteiger partial charge in [-0.25, -0.2) is 9.78 Å². The highest BCUT2D eigenvalue weighted by Gasteiger charge is 2.12. The van der Waals surface area contributed by atoms with Crippen LogP contribution < -0.4 is 11.2 Å². The van der Waals surface area contributed by atoms with Crippen molar-refractivity contribution in [3.63, 3.8) is 0 Å². The summed E-state index contributed by atoms with van der Waals surface area (Å²) in [6.45, 7) is 0. The van der Waals surface area contributed by atoms with E-state index in [1.165, 1.54) is 0 Å². The highest BCUT2D eigenvalue weighted by Crippen LogP contribution is 2.26. The zero-order valence-electron chi connectivity index (χ0n) is 9.25. The van der Waals surface area contributed by atoms with E-state index in [1.54, 1.807) is 0 Å². The van der Waals surface area contributed by atoms with Gasteiger partial charge in [0.15, 0.2) is 5.65 Å². The summed E-state index contributed by atoms with van der Waals surface area (Å²) < 4.78 is 1.89. The maximum Gasteiger partial charge on any atom is 0.327 e.